The van der Waals surface area contributed by atoms with Crippen molar-refractivity contribution in [1.29, 1.82) is 0 Å². The fourth-order valence-electron chi connectivity index (χ4n) is 24.1. The van der Waals surface area contributed by atoms with Crippen LogP contribution in [0, 0.1) is 0 Å². The van der Waals surface area contributed by atoms with Crippen molar-refractivity contribution in [2.45, 2.75) is 235 Å². The molecule has 1 aliphatic carbocycles. The van der Waals surface area contributed by atoms with Crippen molar-refractivity contribution in [2.75, 3.05) is 19.6 Å². The van der Waals surface area contributed by atoms with Gasteiger partial charge in [0.2, 0.25) is 0 Å². The monoisotopic (exact) mass is 1910 g/mol. The van der Waals surface area contributed by atoms with Gasteiger partial charge in [0.1, 0.15) is 23.0 Å². The highest BCUT2D eigenvalue weighted by molar-refractivity contribution is 7.00. The van der Waals surface area contributed by atoms with Gasteiger partial charge in [-0.05, 0) is 316 Å². The summed E-state index contributed by atoms with van der Waals surface area (Å²) in [6.07, 6.45) is 2.03. The van der Waals surface area contributed by atoms with E-state index in [0.717, 1.165) is 171 Å². The van der Waals surface area contributed by atoms with E-state index < -0.39 is 0 Å². The van der Waals surface area contributed by atoms with Gasteiger partial charge in [-0.25, -0.2) is 0 Å². The summed E-state index contributed by atoms with van der Waals surface area (Å²) in [5, 5.41) is 0. The van der Waals surface area contributed by atoms with Crippen molar-refractivity contribution in [3.63, 3.8) is 0 Å². The van der Waals surface area contributed by atoms with Crippen molar-refractivity contribution >= 4 is 114 Å². The largest absolute Gasteiger partial charge is 0.458 e. The molecule has 0 radical (unpaired) electrons. The van der Waals surface area contributed by atoms with E-state index in [1.165, 1.54) is 83.1 Å². The quantitative estimate of drug-likeness (QED) is 0.101. The highest BCUT2D eigenvalue weighted by Crippen LogP contribution is 2.59. The lowest BCUT2D eigenvalue weighted by molar-refractivity contribution is 0.332. The van der Waals surface area contributed by atoms with Crippen LogP contribution in [0.2, 0.25) is 0 Å². The van der Waals surface area contributed by atoms with Gasteiger partial charge >= 0.3 is 0 Å². The molecule has 0 fully saturated rings. The van der Waals surface area contributed by atoms with E-state index in [1.54, 1.807) is 0 Å². The maximum Gasteiger partial charge on any atom is 0.260 e. The van der Waals surface area contributed by atoms with Crippen molar-refractivity contribution in [1.82, 2.24) is 0 Å². The van der Waals surface area contributed by atoms with Crippen LogP contribution in [0.5, 0.6) is 23.0 Å². The van der Waals surface area contributed by atoms with Crippen LogP contribution in [0.1, 0.15) is 236 Å². The molecule has 146 heavy (non-hydrogen) atoms. The van der Waals surface area contributed by atoms with Crippen LogP contribution in [0.15, 0.2) is 358 Å². The van der Waals surface area contributed by atoms with Gasteiger partial charge in [-0.2, -0.15) is 0 Å². The van der Waals surface area contributed by atoms with Crippen molar-refractivity contribution < 1.29 is 9.47 Å². The van der Waals surface area contributed by atoms with Crippen molar-refractivity contribution in [3.05, 3.63) is 408 Å². The summed E-state index contributed by atoms with van der Waals surface area (Å²) < 4.78 is 16.6. The first-order chi connectivity index (χ1) is 69.3. The predicted octanol–water partition coefficient (Wildman–Crippen LogP) is 34.9. The molecule has 0 aromatic heterocycles. The fraction of sp³-hybridized carbons (Fsp3) is 0.261. The SMILES string of the molecule is CC(C)(C)c1ccc(N(c2ccc(C(C)(C)C)cc2)c2ccc3c(c2)N(c2ccc(C(C)(C)C)c(-c4ccccc4)c2)c2cc(-c4cc5c6c(c4-c4cccc7c4C(C)(C)CCC7(C)C)Oc4ccc(-c7ccccc7C(C)(C)C)cc4B6c4cccc(-c6ccccc6)c4O5)cc4c2B3c2ccc(N(c3ccc(C(C)(C)C)cc3)c3ccc(C(C)(C)C)cc3)cc2N4c2ccc(C(C)(C)C)c(-c3ccccc3)c2)cc1. The Bertz CT molecular complexity index is 7570. The number of para-hydroxylation sites is 1. The summed E-state index contributed by atoms with van der Waals surface area (Å²) in [5.74, 6) is 3.22. The molecule has 0 atom stereocenters. The molecular weight excluding hydrogens is 1770 g/mol. The summed E-state index contributed by atoms with van der Waals surface area (Å²) in [7, 11) is 0. The second-order valence-electron chi connectivity index (χ2n) is 50.4. The minimum Gasteiger partial charge on any atom is -0.458 e. The van der Waals surface area contributed by atoms with E-state index in [0.29, 0.717) is 0 Å². The highest BCUT2D eigenvalue weighted by atomic mass is 16.5. The molecule has 0 bridgehead atoms. The number of ether oxygens (including phenoxy) is 2. The van der Waals surface area contributed by atoms with E-state index in [-0.39, 0.29) is 62.2 Å². The third-order valence-electron chi connectivity index (χ3n) is 32.1. The molecule has 0 N–H and O–H groups in total. The van der Waals surface area contributed by atoms with E-state index in [1.807, 2.05) is 0 Å². The Morgan fingerprint density at radius 1 is 0.247 bits per heavy atom. The second kappa shape index (κ2) is 35.2. The minimum atomic E-state index is -0.374. The number of rotatable bonds is 14. The fourth-order valence-corrected chi connectivity index (χ4v) is 24.1. The van der Waals surface area contributed by atoms with Crippen LogP contribution in [0.4, 0.5) is 68.2 Å². The number of hydrogen-bond donors (Lipinski definition) is 0. The van der Waals surface area contributed by atoms with Gasteiger partial charge in [-0.1, -0.05) is 410 Å². The molecule has 0 unspecified atom stereocenters. The van der Waals surface area contributed by atoms with Gasteiger partial charge in [0.25, 0.3) is 13.4 Å². The smallest absolute Gasteiger partial charge is 0.260 e. The summed E-state index contributed by atoms with van der Waals surface area (Å²) >= 11 is 0. The van der Waals surface area contributed by atoms with Crippen molar-refractivity contribution in [2.24, 2.45) is 0 Å². The lowest BCUT2D eigenvalue weighted by atomic mass is 9.33. The van der Waals surface area contributed by atoms with E-state index >= 15 is 0 Å². The van der Waals surface area contributed by atoms with Crippen LogP contribution in [0.3, 0.4) is 0 Å². The first-order valence-corrected chi connectivity index (χ1v) is 52.9. The molecule has 22 rings (SSSR count). The lowest BCUT2D eigenvalue weighted by Gasteiger charge is -2.45. The molecule has 0 saturated carbocycles. The molecule has 0 saturated heterocycles. The first kappa shape index (κ1) is 96.5. The summed E-state index contributed by atoms with van der Waals surface area (Å²) in [5.41, 5.74) is 42.9. The molecule has 0 amide bonds. The van der Waals surface area contributed by atoms with E-state index in [2.05, 4.69) is 551 Å². The molecule has 5 aliphatic rings. The molecule has 17 aromatic carbocycles. The molecule has 17 aromatic rings. The van der Waals surface area contributed by atoms with Gasteiger partial charge in [0.05, 0.1) is 0 Å². The predicted molar refractivity (Wildman–Crippen MR) is 626 cm³/mol. The van der Waals surface area contributed by atoms with Crippen molar-refractivity contribution in [3.8, 4) is 89.8 Å². The Morgan fingerprint density at radius 3 is 1.08 bits per heavy atom. The molecule has 4 heterocycles. The topological polar surface area (TPSA) is 31.4 Å². The maximum absolute atomic E-state index is 8.36. The summed E-state index contributed by atoms with van der Waals surface area (Å²) in [6.45, 7) is 58.2. The molecule has 728 valence electrons. The average molecular weight is 1910 g/mol. The highest BCUT2D eigenvalue weighted by Gasteiger charge is 2.50. The zero-order valence-corrected chi connectivity index (χ0v) is 90.2. The standard InChI is InChI=1S/C138H138B2N4O2/c1-130(2,3)92-52-60-96(61-53-92)141(97-62-54-93(55-63-97)131(4,5)6)102-70-74-114-118(84-102)143(100-68-72-111(135(16,17)18)107(82-100)88-41-31-27-32-42-88)120-80-91(81-121-126(120)139(114)115-75-71-103(85-119(115)144(121)101-69-73-112(136(19,20)21)108(83-101)89-43-33-28-34-44-89)142(98-64-56-94(57-65-98)132(7,8)9)99-66-58-95(59-67-99)133(10,11)12)109-86-123-127-129(124(109)106-47-37-49-113-125(106)138(24,25)78-77-137(113,22)23)145-122-76-51-90(104-45-35-36-48-110(104)134(13,14)15)79-117(122)140(127)116-50-38-46-105(128(116)146-123)87-39-29-26-30-40-87/h26-76,79-86H,77-78H2,1-25H3. The first-order valence-electron chi connectivity index (χ1n) is 52.9. The molecule has 8 heteroatoms. The van der Waals surface area contributed by atoms with Gasteiger partial charge in [-0.3, -0.25) is 0 Å². The average Bonchev–Trinajstić information content (AvgIpc) is 0.682. The zero-order valence-electron chi connectivity index (χ0n) is 90.2. The lowest BCUT2D eigenvalue weighted by Crippen LogP contribution is -2.61. The zero-order chi connectivity index (χ0) is 102. The van der Waals surface area contributed by atoms with E-state index in [4.69, 9.17) is 9.47 Å². The van der Waals surface area contributed by atoms with Crippen LogP contribution in [-0.4, -0.2) is 13.4 Å². The Morgan fingerprint density at radius 2 is 0.630 bits per heavy atom. The normalized spacial score (nSPS) is 14.4. The Balaban J connectivity index is 0.918. The van der Waals surface area contributed by atoms with Crippen LogP contribution in [-0.2, 0) is 48.7 Å². The number of nitrogens with zero attached hydrogens (tertiary/aromatic N) is 4. The summed E-state index contributed by atoms with van der Waals surface area (Å²) in [6, 6.07) is 138. The molecule has 0 spiro atoms. The third-order valence-corrected chi connectivity index (χ3v) is 32.1. The second-order valence-corrected chi connectivity index (χ2v) is 50.4. The number of hydrogen-bond acceptors (Lipinski definition) is 6. The third kappa shape index (κ3) is 17.1. The maximum atomic E-state index is 8.36. The van der Waals surface area contributed by atoms with Gasteiger partial charge < -0.3 is 29.1 Å². The van der Waals surface area contributed by atoms with Crippen LogP contribution in [0.25, 0.3) is 66.8 Å². The molecule has 6 nitrogen and oxygen atoms in total. The van der Waals surface area contributed by atoms with Crippen LogP contribution < -0.4 is 61.9 Å². The van der Waals surface area contributed by atoms with Gasteiger partial charge in [-0.15, -0.1) is 0 Å². The number of anilines is 12. The summed E-state index contributed by atoms with van der Waals surface area (Å²) in [4.78, 5) is 10.4. The Hall–Kier alpha value is -14.3. The molecule has 4 aliphatic heterocycles. The molecular formula is C138H138B2N4O2. The van der Waals surface area contributed by atoms with Gasteiger partial charge in [0, 0.05) is 84.8 Å². The van der Waals surface area contributed by atoms with Crippen LogP contribution >= 0.6 is 0 Å². The van der Waals surface area contributed by atoms with Gasteiger partial charge in [0.15, 0.2) is 0 Å². The van der Waals surface area contributed by atoms with E-state index in [9.17, 15) is 0 Å². The minimum absolute atomic E-state index is 0.0863. The Kier molecular flexibility index (Phi) is 23.3. The Labute approximate surface area is 869 Å². The number of fused-ring (bicyclic) bond motifs is 9. The number of benzene rings is 17.